The van der Waals surface area contributed by atoms with Crippen molar-refractivity contribution in [1.29, 1.82) is 0 Å². The molecule has 0 radical (unpaired) electrons. The lowest BCUT2D eigenvalue weighted by Crippen LogP contribution is -2.34. The molecular formula is C11H16N2O4S. The molecule has 6 nitrogen and oxygen atoms in total. The molecule has 1 aromatic rings. The van der Waals surface area contributed by atoms with Crippen molar-refractivity contribution in [2.24, 2.45) is 0 Å². The molecule has 0 saturated heterocycles. The van der Waals surface area contributed by atoms with Gasteiger partial charge in [-0.3, -0.25) is 4.79 Å². The summed E-state index contributed by atoms with van der Waals surface area (Å²) in [6, 6.07) is 6.71. The molecule has 2 N–H and O–H groups in total. The first kappa shape index (κ1) is 14.5. The summed E-state index contributed by atoms with van der Waals surface area (Å²) >= 11 is 0. The standard InChI is InChI=1S/C11H16N2O4S/c1-17-10-5-3-4-9(8-10)11(14)12-6-7-13-18(2,15)16/h3-5,8,13H,6-7H2,1-2H3,(H,12,14). The average Bonchev–Trinajstić information content (AvgIpc) is 2.33. The number of benzene rings is 1. The van der Waals surface area contributed by atoms with Crippen molar-refractivity contribution >= 4 is 15.9 Å². The second-order valence-corrected chi connectivity index (χ2v) is 5.49. The maximum atomic E-state index is 11.7. The predicted molar refractivity (Wildman–Crippen MR) is 68.2 cm³/mol. The van der Waals surface area contributed by atoms with Crippen molar-refractivity contribution in [1.82, 2.24) is 10.0 Å². The van der Waals surface area contributed by atoms with Gasteiger partial charge in [0, 0.05) is 18.7 Å². The van der Waals surface area contributed by atoms with E-state index in [1.54, 1.807) is 24.3 Å². The van der Waals surface area contributed by atoms with Gasteiger partial charge >= 0.3 is 0 Å². The minimum Gasteiger partial charge on any atom is -0.497 e. The summed E-state index contributed by atoms with van der Waals surface area (Å²) in [5.41, 5.74) is 0.466. The normalized spacial score (nSPS) is 11.0. The van der Waals surface area contributed by atoms with Crippen LogP contribution in [0.15, 0.2) is 24.3 Å². The number of carbonyl (C=O) groups is 1. The lowest BCUT2D eigenvalue weighted by Gasteiger charge is -2.06. The quantitative estimate of drug-likeness (QED) is 0.712. The Kier molecular flexibility index (Phi) is 5.11. The molecule has 0 aliphatic rings. The van der Waals surface area contributed by atoms with Gasteiger partial charge in [-0.2, -0.15) is 0 Å². The molecule has 0 spiro atoms. The van der Waals surface area contributed by atoms with Crippen molar-refractivity contribution in [3.05, 3.63) is 29.8 Å². The zero-order chi connectivity index (χ0) is 13.6. The van der Waals surface area contributed by atoms with Crippen LogP contribution in [-0.4, -0.2) is 40.8 Å². The summed E-state index contributed by atoms with van der Waals surface area (Å²) < 4.78 is 28.9. The number of methoxy groups -OCH3 is 1. The van der Waals surface area contributed by atoms with Gasteiger partial charge in [0.2, 0.25) is 10.0 Å². The largest absolute Gasteiger partial charge is 0.497 e. The Bertz CT molecular complexity index is 514. The number of sulfonamides is 1. The van der Waals surface area contributed by atoms with Crippen LogP contribution in [0, 0.1) is 0 Å². The van der Waals surface area contributed by atoms with Gasteiger partial charge < -0.3 is 10.1 Å². The number of hydrogen-bond donors (Lipinski definition) is 2. The molecule has 0 saturated carbocycles. The minimum atomic E-state index is -3.22. The molecule has 1 aromatic carbocycles. The van der Waals surface area contributed by atoms with Crippen molar-refractivity contribution < 1.29 is 17.9 Å². The van der Waals surface area contributed by atoms with Crippen molar-refractivity contribution in [3.8, 4) is 5.75 Å². The van der Waals surface area contributed by atoms with Crippen LogP contribution in [0.4, 0.5) is 0 Å². The van der Waals surface area contributed by atoms with Crippen LogP contribution in [0.3, 0.4) is 0 Å². The third kappa shape index (κ3) is 5.15. The highest BCUT2D eigenvalue weighted by molar-refractivity contribution is 7.88. The molecule has 0 bridgehead atoms. The fourth-order valence-corrected chi connectivity index (χ4v) is 1.75. The van der Waals surface area contributed by atoms with Gasteiger partial charge in [0.1, 0.15) is 5.75 Å². The molecule has 1 rings (SSSR count). The van der Waals surface area contributed by atoms with Crippen molar-refractivity contribution in [3.63, 3.8) is 0 Å². The maximum absolute atomic E-state index is 11.7. The molecule has 18 heavy (non-hydrogen) atoms. The molecule has 0 aliphatic carbocycles. The van der Waals surface area contributed by atoms with E-state index in [1.807, 2.05) is 0 Å². The number of amides is 1. The molecule has 7 heteroatoms. The summed E-state index contributed by atoms with van der Waals surface area (Å²) in [5, 5.41) is 2.60. The third-order valence-corrected chi connectivity index (χ3v) is 2.84. The first-order chi connectivity index (χ1) is 8.42. The maximum Gasteiger partial charge on any atom is 0.251 e. The fourth-order valence-electron chi connectivity index (χ4n) is 1.28. The van der Waals surface area contributed by atoms with Crippen LogP contribution in [0.5, 0.6) is 5.75 Å². The number of nitrogens with one attached hydrogen (secondary N) is 2. The molecule has 0 unspecified atom stereocenters. The van der Waals surface area contributed by atoms with E-state index in [0.29, 0.717) is 11.3 Å². The Labute approximate surface area is 106 Å². The highest BCUT2D eigenvalue weighted by atomic mass is 32.2. The van der Waals surface area contributed by atoms with Gasteiger partial charge in [-0.05, 0) is 18.2 Å². The summed E-state index contributed by atoms with van der Waals surface area (Å²) in [4.78, 5) is 11.7. The SMILES string of the molecule is COc1cccc(C(=O)NCCNS(C)(=O)=O)c1. The number of rotatable bonds is 6. The van der Waals surface area contributed by atoms with Crippen molar-refractivity contribution in [2.45, 2.75) is 0 Å². The van der Waals surface area contributed by atoms with E-state index in [9.17, 15) is 13.2 Å². The highest BCUT2D eigenvalue weighted by Gasteiger charge is 2.06. The van der Waals surface area contributed by atoms with Crippen LogP contribution in [0.2, 0.25) is 0 Å². The molecule has 100 valence electrons. The van der Waals surface area contributed by atoms with Gasteiger partial charge in [-0.25, -0.2) is 13.1 Å². The van der Waals surface area contributed by atoms with Gasteiger partial charge in [-0.15, -0.1) is 0 Å². The lowest BCUT2D eigenvalue weighted by atomic mass is 10.2. The Morgan fingerprint density at radius 2 is 2.06 bits per heavy atom. The van der Waals surface area contributed by atoms with E-state index in [0.717, 1.165) is 6.26 Å². The monoisotopic (exact) mass is 272 g/mol. The van der Waals surface area contributed by atoms with Crippen molar-refractivity contribution in [2.75, 3.05) is 26.5 Å². The Morgan fingerprint density at radius 3 is 2.67 bits per heavy atom. The molecule has 0 aliphatic heterocycles. The van der Waals surface area contributed by atoms with E-state index in [4.69, 9.17) is 4.74 Å². The van der Waals surface area contributed by atoms with Gasteiger partial charge in [0.05, 0.1) is 13.4 Å². The highest BCUT2D eigenvalue weighted by Crippen LogP contribution is 2.11. The first-order valence-corrected chi connectivity index (χ1v) is 7.18. The van der Waals surface area contributed by atoms with Crippen LogP contribution in [-0.2, 0) is 10.0 Å². The molecule has 1 amide bonds. The Morgan fingerprint density at radius 1 is 1.33 bits per heavy atom. The van der Waals surface area contributed by atoms with Gasteiger partial charge in [0.25, 0.3) is 5.91 Å². The van der Waals surface area contributed by atoms with Crippen LogP contribution < -0.4 is 14.8 Å². The molecular weight excluding hydrogens is 256 g/mol. The van der Waals surface area contributed by atoms with Crippen LogP contribution in [0.25, 0.3) is 0 Å². The van der Waals surface area contributed by atoms with Crippen LogP contribution >= 0.6 is 0 Å². The molecule has 0 fully saturated rings. The molecule has 0 heterocycles. The van der Waals surface area contributed by atoms with E-state index in [1.165, 1.54) is 7.11 Å². The van der Waals surface area contributed by atoms with Crippen LogP contribution in [0.1, 0.15) is 10.4 Å². The van der Waals surface area contributed by atoms with E-state index in [2.05, 4.69) is 10.0 Å². The molecule has 0 aromatic heterocycles. The topological polar surface area (TPSA) is 84.5 Å². The second kappa shape index (κ2) is 6.36. The van der Waals surface area contributed by atoms with Gasteiger partial charge in [-0.1, -0.05) is 6.07 Å². The fraction of sp³-hybridized carbons (Fsp3) is 0.364. The summed E-state index contributed by atoms with van der Waals surface area (Å²) in [6.07, 6.45) is 1.07. The number of carbonyl (C=O) groups excluding carboxylic acids is 1. The smallest absolute Gasteiger partial charge is 0.251 e. The second-order valence-electron chi connectivity index (χ2n) is 3.65. The predicted octanol–water partition coefficient (Wildman–Crippen LogP) is -0.0258. The number of hydrogen-bond acceptors (Lipinski definition) is 4. The lowest BCUT2D eigenvalue weighted by molar-refractivity contribution is 0.0954. The zero-order valence-corrected chi connectivity index (χ0v) is 11.1. The minimum absolute atomic E-state index is 0.161. The number of ether oxygens (including phenoxy) is 1. The third-order valence-electron chi connectivity index (χ3n) is 2.11. The van der Waals surface area contributed by atoms with Gasteiger partial charge in [0.15, 0.2) is 0 Å². The summed E-state index contributed by atoms with van der Waals surface area (Å²) in [5.74, 6) is 0.320. The Balaban J connectivity index is 2.45. The zero-order valence-electron chi connectivity index (χ0n) is 10.3. The van der Waals surface area contributed by atoms with E-state index >= 15 is 0 Å². The summed E-state index contributed by atoms with van der Waals surface area (Å²) in [7, 11) is -1.70. The first-order valence-electron chi connectivity index (χ1n) is 5.29. The van der Waals surface area contributed by atoms with E-state index < -0.39 is 10.0 Å². The Hall–Kier alpha value is -1.60. The summed E-state index contributed by atoms with van der Waals surface area (Å²) in [6.45, 7) is 0.387. The van der Waals surface area contributed by atoms with E-state index in [-0.39, 0.29) is 19.0 Å². The average molecular weight is 272 g/mol. The molecule has 0 atom stereocenters.